The van der Waals surface area contributed by atoms with E-state index in [1.54, 1.807) is 0 Å². The van der Waals surface area contributed by atoms with E-state index in [1.807, 2.05) is 60.7 Å². The summed E-state index contributed by atoms with van der Waals surface area (Å²) in [6.07, 6.45) is 2.07. The van der Waals surface area contributed by atoms with Crippen LogP contribution in [-0.2, 0) is 27.5 Å². The Bertz CT molecular complexity index is 676. The van der Waals surface area contributed by atoms with Crippen molar-refractivity contribution in [3.05, 3.63) is 71.8 Å². The van der Waals surface area contributed by atoms with Crippen LogP contribution in [0.1, 0.15) is 36.8 Å². The molecule has 1 aliphatic rings. The quantitative estimate of drug-likeness (QED) is 0.767. The Morgan fingerprint density at radius 2 is 1.46 bits per heavy atom. The summed E-state index contributed by atoms with van der Waals surface area (Å²) in [5, 5.41) is 9.84. The molecule has 0 bridgehead atoms. The van der Waals surface area contributed by atoms with Gasteiger partial charge in [-0.15, -0.1) is 0 Å². The minimum atomic E-state index is -0.664. The first kappa shape index (κ1) is 18.6. The lowest BCUT2D eigenvalue weighted by Crippen LogP contribution is -2.41. The Morgan fingerprint density at radius 1 is 0.923 bits per heavy atom. The largest absolute Gasteiger partial charge is 0.460 e. The molecule has 0 aromatic heterocycles. The number of hydrogen-bond acceptors (Lipinski definition) is 4. The van der Waals surface area contributed by atoms with Crippen molar-refractivity contribution in [1.29, 1.82) is 0 Å². The van der Waals surface area contributed by atoms with Crippen molar-refractivity contribution >= 4 is 5.97 Å². The summed E-state index contributed by atoms with van der Waals surface area (Å²) >= 11 is 0. The fraction of sp³-hybridized carbons (Fsp3) is 0.409. The number of carbonyl (C=O) groups excluding carboxylic acids is 1. The molecule has 3 rings (SSSR count). The van der Waals surface area contributed by atoms with Crippen molar-refractivity contribution in [2.75, 3.05) is 6.61 Å². The number of carbonyl (C=O) groups is 1. The number of hydrogen-bond donors (Lipinski definition) is 1. The molecule has 0 radical (unpaired) electrons. The number of benzene rings is 2. The first-order valence-electron chi connectivity index (χ1n) is 9.19. The molecular formula is C22H26O4. The number of rotatable bonds is 7. The first-order valence-corrected chi connectivity index (χ1v) is 9.19. The van der Waals surface area contributed by atoms with E-state index in [9.17, 15) is 9.90 Å². The molecule has 26 heavy (non-hydrogen) atoms. The predicted octanol–water partition coefficient (Wildman–Crippen LogP) is 3.87. The zero-order valence-electron chi connectivity index (χ0n) is 15.0. The van der Waals surface area contributed by atoms with Crippen LogP contribution in [0.5, 0.6) is 0 Å². The van der Waals surface area contributed by atoms with E-state index >= 15 is 0 Å². The van der Waals surface area contributed by atoms with Gasteiger partial charge < -0.3 is 14.6 Å². The van der Waals surface area contributed by atoms with Crippen LogP contribution in [0.3, 0.4) is 0 Å². The van der Waals surface area contributed by atoms with Gasteiger partial charge in [-0.2, -0.15) is 0 Å². The van der Waals surface area contributed by atoms with Crippen molar-refractivity contribution in [3.63, 3.8) is 0 Å². The van der Waals surface area contributed by atoms with Crippen LogP contribution in [0, 0.1) is 5.41 Å². The highest BCUT2D eigenvalue weighted by Gasteiger charge is 2.43. The standard InChI is InChI=1S/C22H26O4/c23-20-11-13-22(14-12-20,17-25-15-18-7-3-1-4-8-18)21(24)26-16-19-9-5-2-6-10-19/h1-10,20,23H,11-17H2/t20-,22-. The third kappa shape index (κ3) is 4.93. The fourth-order valence-electron chi connectivity index (χ4n) is 3.38. The summed E-state index contributed by atoms with van der Waals surface area (Å²) < 4.78 is 11.5. The summed E-state index contributed by atoms with van der Waals surface area (Å²) in [5.41, 5.74) is 1.39. The average molecular weight is 354 g/mol. The molecule has 0 amide bonds. The summed E-state index contributed by atoms with van der Waals surface area (Å²) in [4.78, 5) is 12.9. The van der Waals surface area contributed by atoms with Crippen LogP contribution < -0.4 is 0 Å². The molecule has 1 saturated carbocycles. The van der Waals surface area contributed by atoms with Crippen molar-refractivity contribution < 1.29 is 19.4 Å². The Labute approximate surface area is 154 Å². The summed E-state index contributed by atoms with van der Waals surface area (Å²) in [7, 11) is 0. The maximum absolute atomic E-state index is 12.9. The maximum Gasteiger partial charge on any atom is 0.314 e. The second kappa shape index (κ2) is 8.97. The topological polar surface area (TPSA) is 55.8 Å². The van der Waals surface area contributed by atoms with Gasteiger partial charge in [-0.05, 0) is 36.8 Å². The summed E-state index contributed by atoms with van der Waals surface area (Å²) in [5.74, 6) is -0.221. The molecule has 2 aromatic carbocycles. The minimum absolute atomic E-state index is 0.221. The molecule has 0 unspecified atom stereocenters. The number of aliphatic hydroxyl groups is 1. The molecular weight excluding hydrogens is 328 g/mol. The third-order valence-electron chi connectivity index (χ3n) is 5.05. The van der Waals surface area contributed by atoms with E-state index in [0.29, 0.717) is 38.9 Å². The van der Waals surface area contributed by atoms with Gasteiger partial charge in [0.1, 0.15) is 6.61 Å². The minimum Gasteiger partial charge on any atom is -0.460 e. The van der Waals surface area contributed by atoms with E-state index < -0.39 is 5.41 Å². The Kier molecular flexibility index (Phi) is 6.42. The van der Waals surface area contributed by atoms with Crippen molar-refractivity contribution in [1.82, 2.24) is 0 Å². The highest BCUT2D eigenvalue weighted by molar-refractivity contribution is 5.77. The van der Waals surface area contributed by atoms with E-state index in [4.69, 9.17) is 9.47 Å². The molecule has 1 fully saturated rings. The van der Waals surface area contributed by atoms with Gasteiger partial charge in [0, 0.05) is 0 Å². The van der Waals surface area contributed by atoms with Gasteiger partial charge in [-0.1, -0.05) is 60.7 Å². The molecule has 0 spiro atoms. The predicted molar refractivity (Wildman–Crippen MR) is 99.2 cm³/mol. The second-order valence-corrected chi connectivity index (χ2v) is 7.05. The zero-order valence-corrected chi connectivity index (χ0v) is 15.0. The second-order valence-electron chi connectivity index (χ2n) is 7.05. The summed E-state index contributed by atoms with van der Waals surface area (Å²) in [6.45, 7) is 1.06. The van der Waals surface area contributed by atoms with Crippen molar-refractivity contribution in [3.8, 4) is 0 Å². The lowest BCUT2D eigenvalue weighted by molar-refractivity contribution is -0.166. The van der Waals surface area contributed by atoms with E-state index in [0.717, 1.165) is 11.1 Å². The summed E-state index contributed by atoms with van der Waals surface area (Å²) in [6, 6.07) is 19.6. The Morgan fingerprint density at radius 3 is 2.04 bits per heavy atom. The zero-order chi connectivity index (χ0) is 18.2. The van der Waals surface area contributed by atoms with Crippen LogP contribution in [0.25, 0.3) is 0 Å². The number of ether oxygens (including phenoxy) is 2. The molecule has 0 aliphatic heterocycles. The SMILES string of the molecule is O=C(OCc1ccccc1)[C@]1(COCc2ccccc2)CC[C@@H](O)CC1. The number of aliphatic hydroxyl groups excluding tert-OH is 1. The fourth-order valence-corrected chi connectivity index (χ4v) is 3.38. The Hall–Kier alpha value is -2.17. The van der Waals surface area contributed by atoms with Gasteiger partial charge in [0.15, 0.2) is 0 Å². The van der Waals surface area contributed by atoms with Gasteiger partial charge in [-0.3, -0.25) is 4.79 Å². The molecule has 1 aliphatic carbocycles. The van der Waals surface area contributed by atoms with Crippen LogP contribution in [0.2, 0.25) is 0 Å². The van der Waals surface area contributed by atoms with E-state index in [1.165, 1.54) is 0 Å². The normalized spacial score (nSPS) is 22.7. The van der Waals surface area contributed by atoms with Gasteiger partial charge in [-0.25, -0.2) is 0 Å². The first-order chi connectivity index (χ1) is 12.7. The molecule has 0 heterocycles. The smallest absolute Gasteiger partial charge is 0.314 e. The molecule has 4 heteroatoms. The highest BCUT2D eigenvalue weighted by Crippen LogP contribution is 2.38. The lowest BCUT2D eigenvalue weighted by atomic mass is 9.73. The maximum atomic E-state index is 12.9. The molecule has 0 saturated heterocycles. The molecule has 0 atom stereocenters. The van der Waals surface area contributed by atoms with Crippen LogP contribution in [-0.4, -0.2) is 23.8 Å². The van der Waals surface area contributed by atoms with Gasteiger partial charge >= 0.3 is 5.97 Å². The monoisotopic (exact) mass is 354 g/mol. The van der Waals surface area contributed by atoms with Crippen LogP contribution in [0.15, 0.2) is 60.7 Å². The van der Waals surface area contributed by atoms with Crippen LogP contribution in [0.4, 0.5) is 0 Å². The molecule has 1 N–H and O–H groups in total. The number of esters is 1. The van der Waals surface area contributed by atoms with E-state index in [-0.39, 0.29) is 18.7 Å². The third-order valence-corrected chi connectivity index (χ3v) is 5.05. The molecule has 4 nitrogen and oxygen atoms in total. The molecule has 138 valence electrons. The lowest BCUT2D eigenvalue weighted by Gasteiger charge is -2.36. The molecule has 2 aromatic rings. The van der Waals surface area contributed by atoms with Gasteiger partial charge in [0.05, 0.1) is 24.7 Å². The highest BCUT2D eigenvalue weighted by atomic mass is 16.5. The Balaban J connectivity index is 1.60. The van der Waals surface area contributed by atoms with Crippen LogP contribution >= 0.6 is 0 Å². The van der Waals surface area contributed by atoms with Crippen molar-refractivity contribution in [2.24, 2.45) is 5.41 Å². The van der Waals surface area contributed by atoms with Crippen molar-refractivity contribution in [2.45, 2.75) is 45.0 Å². The van der Waals surface area contributed by atoms with Gasteiger partial charge in [0.25, 0.3) is 0 Å². The average Bonchev–Trinajstić information content (AvgIpc) is 2.69. The van der Waals surface area contributed by atoms with Gasteiger partial charge in [0.2, 0.25) is 0 Å². The van der Waals surface area contributed by atoms with E-state index in [2.05, 4.69) is 0 Å².